The molecule has 25 heavy (non-hydrogen) atoms. The number of rotatable bonds is 4. The van der Waals surface area contributed by atoms with Gasteiger partial charge in [0.1, 0.15) is 6.29 Å². The topological polar surface area (TPSA) is 57.0 Å². The summed E-state index contributed by atoms with van der Waals surface area (Å²) in [6.07, 6.45) is 9.64. The maximum Gasteiger partial charge on any atom is 0.150 e. The molecule has 0 radical (unpaired) electrons. The van der Waals surface area contributed by atoms with E-state index >= 15 is 0 Å². The molecule has 0 saturated carbocycles. The quantitative estimate of drug-likeness (QED) is 0.674. The Hall–Kier alpha value is -2.79. The Kier molecular flexibility index (Phi) is 4.39. The molecule has 0 N–H and O–H groups in total. The molecule has 4 rings (SSSR count). The van der Waals surface area contributed by atoms with Crippen LogP contribution in [0.2, 0.25) is 0 Å². The van der Waals surface area contributed by atoms with Crippen molar-refractivity contribution in [3.63, 3.8) is 0 Å². The highest BCUT2D eigenvalue weighted by Gasteiger charge is 2.20. The van der Waals surface area contributed by atoms with E-state index in [-0.39, 0.29) is 6.23 Å². The smallest absolute Gasteiger partial charge is 0.150 e. The summed E-state index contributed by atoms with van der Waals surface area (Å²) in [5.41, 5.74) is 3.31. The van der Waals surface area contributed by atoms with Crippen molar-refractivity contribution in [2.24, 2.45) is 0 Å². The molecule has 126 valence electrons. The average Bonchev–Trinajstić information content (AvgIpc) is 3.05. The fourth-order valence-corrected chi connectivity index (χ4v) is 3.15. The average molecular weight is 333 g/mol. The number of fused-ring (bicyclic) bond motifs is 1. The van der Waals surface area contributed by atoms with E-state index in [1.165, 1.54) is 0 Å². The van der Waals surface area contributed by atoms with Gasteiger partial charge in [-0.15, -0.1) is 0 Å². The molecular weight excluding hydrogens is 314 g/mol. The van der Waals surface area contributed by atoms with Gasteiger partial charge in [0.15, 0.2) is 6.23 Å². The van der Waals surface area contributed by atoms with Gasteiger partial charge in [0.2, 0.25) is 0 Å². The summed E-state index contributed by atoms with van der Waals surface area (Å²) < 4.78 is 7.84. The zero-order valence-corrected chi connectivity index (χ0v) is 13.8. The first-order chi connectivity index (χ1) is 12.3. The van der Waals surface area contributed by atoms with E-state index in [0.29, 0.717) is 5.56 Å². The minimum atomic E-state index is -0.0460. The number of aromatic nitrogens is 3. The highest BCUT2D eigenvalue weighted by molar-refractivity contribution is 5.93. The van der Waals surface area contributed by atoms with Crippen molar-refractivity contribution < 1.29 is 9.53 Å². The van der Waals surface area contributed by atoms with Gasteiger partial charge < -0.3 is 4.74 Å². The number of ether oxygens (including phenoxy) is 1. The number of hydrogen-bond acceptors (Lipinski definition) is 4. The predicted octanol–water partition coefficient (Wildman–Crippen LogP) is 4.11. The van der Waals surface area contributed by atoms with Crippen LogP contribution in [-0.4, -0.2) is 27.7 Å². The van der Waals surface area contributed by atoms with Crippen LogP contribution >= 0.6 is 0 Å². The Balaban J connectivity index is 1.79. The predicted molar refractivity (Wildman–Crippen MR) is 97.1 cm³/mol. The second-order valence-corrected chi connectivity index (χ2v) is 6.13. The first-order valence-electron chi connectivity index (χ1n) is 8.53. The summed E-state index contributed by atoms with van der Waals surface area (Å²) in [6, 6.07) is 11.4. The van der Waals surface area contributed by atoms with Crippen LogP contribution in [-0.2, 0) is 4.74 Å². The van der Waals surface area contributed by atoms with Gasteiger partial charge in [-0.1, -0.05) is 6.07 Å². The SMILES string of the molecule is O=Cc1ccc2c(c1)c(C=Cc1ccccn1)nn2C1CCCCO1. The molecule has 0 amide bonds. The lowest BCUT2D eigenvalue weighted by atomic mass is 10.1. The number of nitrogens with zero attached hydrogens (tertiary/aromatic N) is 3. The zero-order valence-electron chi connectivity index (χ0n) is 13.8. The summed E-state index contributed by atoms with van der Waals surface area (Å²) in [5, 5.41) is 5.71. The first kappa shape index (κ1) is 15.7. The number of benzene rings is 1. The van der Waals surface area contributed by atoms with E-state index in [1.807, 2.05) is 53.2 Å². The second-order valence-electron chi connectivity index (χ2n) is 6.13. The number of carbonyl (C=O) groups is 1. The Morgan fingerprint density at radius 2 is 2.12 bits per heavy atom. The Morgan fingerprint density at radius 1 is 1.16 bits per heavy atom. The molecule has 1 fully saturated rings. The van der Waals surface area contributed by atoms with Crippen molar-refractivity contribution in [2.45, 2.75) is 25.5 Å². The molecule has 1 unspecified atom stereocenters. The molecule has 0 bridgehead atoms. The molecule has 0 aliphatic carbocycles. The Morgan fingerprint density at radius 3 is 2.88 bits per heavy atom. The van der Waals surface area contributed by atoms with Gasteiger partial charge >= 0.3 is 0 Å². The summed E-state index contributed by atoms with van der Waals surface area (Å²) >= 11 is 0. The molecule has 0 spiro atoms. The summed E-state index contributed by atoms with van der Waals surface area (Å²) in [5.74, 6) is 0. The number of pyridine rings is 1. The van der Waals surface area contributed by atoms with Gasteiger partial charge in [-0.25, -0.2) is 4.68 Å². The summed E-state index contributed by atoms with van der Waals surface area (Å²) in [4.78, 5) is 15.5. The van der Waals surface area contributed by atoms with Crippen molar-refractivity contribution in [1.29, 1.82) is 0 Å². The third-order valence-electron chi connectivity index (χ3n) is 4.42. The minimum Gasteiger partial charge on any atom is -0.356 e. The lowest BCUT2D eigenvalue weighted by molar-refractivity contribution is -0.0367. The molecule has 3 heterocycles. The van der Waals surface area contributed by atoms with Crippen molar-refractivity contribution >= 4 is 29.3 Å². The fourth-order valence-electron chi connectivity index (χ4n) is 3.15. The van der Waals surface area contributed by atoms with E-state index in [1.54, 1.807) is 6.20 Å². The van der Waals surface area contributed by atoms with Crippen LogP contribution in [0, 0.1) is 0 Å². The molecule has 1 aliphatic rings. The molecular formula is C20H19N3O2. The van der Waals surface area contributed by atoms with Gasteiger partial charge in [-0.3, -0.25) is 9.78 Å². The Bertz CT molecular complexity index is 909. The van der Waals surface area contributed by atoms with E-state index in [0.717, 1.165) is 54.4 Å². The van der Waals surface area contributed by atoms with Crippen LogP contribution in [0.1, 0.15) is 47.2 Å². The molecule has 5 nitrogen and oxygen atoms in total. The standard InChI is InChI=1S/C20H19N3O2/c24-14-15-7-10-19-17(13-15)18(9-8-16-5-1-3-11-21-16)22-23(19)20-6-2-4-12-25-20/h1,3,5,7-11,13-14,20H,2,4,6,12H2. The van der Waals surface area contributed by atoms with Gasteiger partial charge in [0, 0.05) is 23.8 Å². The third-order valence-corrected chi connectivity index (χ3v) is 4.42. The van der Waals surface area contributed by atoms with Crippen LogP contribution in [0.5, 0.6) is 0 Å². The van der Waals surface area contributed by atoms with Crippen molar-refractivity contribution in [1.82, 2.24) is 14.8 Å². The van der Waals surface area contributed by atoms with Crippen LogP contribution < -0.4 is 0 Å². The molecule has 1 saturated heterocycles. The molecule has 1 aromatic carbocycles. The maximum absolute atomic E-state index is 11.2. The summed E-state index contributed by atoms with van der Waals surface area (Å²) in [7, 11) is 0. The highest BCUT2D eigenvalue weighted by Crippen LogP contribution is 2.29. The van der Waals surface area contributed by atoms with Gasteiger partial charge in [-0.05, 0) is 61.7 Å². The van der Waals surface area contributed by atoms with Crippen molar-refractivity contribution in [2.75, 3.05) is 6.61 Å². The molecule has 1 aliphatic heterocycles. The van der Waals surface area contributed by atoms with Gasteiger partial charge in [0.25, 0.3) is 0 Å². The number of carbonyl (C=O) groups excluding carboxylic acids is 1. The molecule has 2 aromatic heterocycles. The van der Waals surface area contributed by atoms with Crippen LogP contribution in [0.3, 0.4) is 0 Å². The van der Waals surface area contributed by atoms with Crippen LogP contribution in [0.25, 0.3) is 23.1 Å². The van der Waals surface area contributed by atoms with Crippen LogP contribution in [0.4, 0.5) is 0 Å². The number of aldehydes is 1. The lowest BCUT2D eigenvalue weighted by Gasteiger charge is -2.23. The Labute approximate surface area is 145 Å². The first-order valence-corrected chi connectivity index (χ1v) is 8.53. The number of hydrogen-bond donors (Lipinski definition) is 0. The minimum absolute atomic E-state index is 0.0460. The lowest BCUT2D eigenvalue weighted by Crippen LogP contribution is -2.19. The second kappa shape index (κ2) is 6.99. The van der Waals surface area contributed by atoms with E-state index < -0.39 is 0 Å². The van der Waals surface area contributed by atoms with Crippen molar-refractivity contribution in [3.05, 3.63) is 59.5 Å². The van der Waals surface area contributed by atoms with Crippen LogP contribution in [0.15, 0.2) is 42.6 Å². The maximum atomic E-state index is 11.2. The normalized spacial score (nSPS) is 18.0. The van der Waals surface area contributed by atoms with Gasteiger partial charge in [0.05, 0.1) is 16.9 Å². The highest BCUT2D eigenvalue weighted by atomic mass is 16.5. The van der Waals surface area contributed by atoms with E-state index in [2.05, 4.69) is 4.98 Å². The zero-order chi connectivity index (χ0) is 17.1. The molecule has 3 aromatic rings. The van der Waals surface area contributed by atoms with E-state index in [9.17, 15) is 4.79 Å². The monoisotopic (exact) mass is 333 g/mol. The van der Waals surface area contributed by atoms with E-state index in [4.69, 9.17) is 9.84 Å². The molecule has 1 atom stereocenters. The molecule has 5 heteroatoms. The fraction of sp³-hybridized carbons (Fsp3) is 0.250. The third kappa shape index (κ3) is 3.23. The van der Waals surface area contributed by atoms with Gasteiger partial charge in [-0.2, -0.15) is 5.10 Å². The van der Waals surface area contributed by atoms with Crippen molar-refractivity contribution in [3.8, 4) is 0 Å². The largest absolute Gasteiger partial charge is 0.356 e. The summed E-state index contributed by atoms with van der Waals surface area (Å²) in [6.45, 7) is 0.761.